The minimum absolute atomic E-state index is 0.286. The van der Waals surface area contributed by atoms with Gasteiger partial charge in [-0.2, -0.15) is 0 Å². The number of amides is 1. The first-order valence-corrected chi connectivity index (χ1v) is 9.08. The molecule has 0 aliphatic carbocycles. The number of para-hydroxylation sites is 1. The molecule has 138 valence electrons. The summed E-state index contributed by atoms with van der Waals surface area (Å²) in [6.07, 6.45) is 6.56. The van der Waals surface area contributed by atoms with Crippen molar-refractivity contribution >= 4 is 5.91 Å². The highest BCUT2D eigenvalue weighted by Crippen LogP contribution is 2.26. The number of methoxy groups -OCH3 is 1. The van der Waals surface area contributed by atoms with Gasteiger partial charge in [0.1, 0.15) is 5.75 Å². The van der Waals surface area contributed by atoms with Crippen molar-refractivity contribution in [2.45, 2.75) is 25.8 Å². The lowest BCUT2D eigenvalue weighted by Gasteiger charge is -2.28. The van der Waals surface area contributed by atoms with Crippen LogP contribution in [0.15, 0.2) is 36.7 Å². The van der Waals surface area contributed by atoms with Gasteiger partial charge in [0.2, 0.25) is 5.91 Å². The fourth-order valence-electron chi connectivity index (χ4n) is 3.19. The summed E-state index contributed by atoms with van der Waals surface area (Å²) in [6.45, 7) is 3.28. The fourth-order valence-corrected chi connectivity index (χ4v) is 3.19. The van der Waals surface area contributed by atoms with Gasteiger partial charge < -0.3 is 14.5 Å². The van der Waals surface area contributed by atoms with E-state index in [1.807, 2.05) is 41.6 Å². The Morgan fingerprint density at radius 3 is 2.69 bits per heavy atom. The Balaban J connectivity index is 1.56. The zero-order valence-electron chi connectivity index (χ0n) is 15.5. The number of benzene rings is 1. The van der Waals surface area contributed by atoms with Crippen LogP contribution in [0, 0.1) is 0 Å². The molecule has 1 aromatic heterocycles. The van der Waals surface area contributed by atoms with E-state index >= 15 is 0 Å². The van der Waals surface area contributed by atoms with Crippen molar-refractivity contribution in [3.05, 3.63) is 42.2 Å². The molecule has 0 saturated carbocycles. The molecule has 1 aliphatic rings. The lowest BCUT2D eigenvalue weighted by atomic mass is 10.1. The van der Waals surface area contributed by atoms with Gasteiger partial charge in [-0.3, -0.25) is 4.79 Å². The molecule has 2 aromatic rings. The quantitative estimate of drug-likeness (QED) is 0.765. The number of rotatable bonds is 7. The number of likely N-dealkylation sites (tertiary alicyclic amines) is 1. The van der Waals surface area contributed by atoms with Crippen molar-refractivity contribution in [1.29, 1.82) is 0 Å². The Hall–Kier alpha value is -2.47. The lowest BCUT2D eigenvalue weighted by Crippen LogP contribution is -2.40. The highest BCUT2D eigenvalue weighted by Gasteiger charge is 2.18. The van der Waals surface area contributed by atoms with E-state index in [2.05, 4.69) is 21.9 Å². The lowest BCUT2D eigenvalue weighted by molar-refractivity contribution is -0.133. The topological polar surface area (TPSA) is 58.6 Å². The fraction of sp³-hybridized carbons (Fsp3) is 0.450. The monoisotopic (exact) mass is 354 g/mol. The molecule has 0 unspecified atom stereocenters. The third-order valence-corrected chi connectivity index (χ3v) is 4.68. The zero-order valence-corrected chi connectivity index (χ0v) is 15.5. The van der Waals surface area contributed by atoms with Crippen LogP contribution in [0.5, 0.6) is 5.75 Å². The van der Waals surface area contributed by atoms with Gasteiger partial charge in [0.05, 0.1) is 12.7 Å². The summed E-state index contributed by atoms with van der Waals surface area (Å²) in [5, 5.41) is 0. The smallest absolute Gasteiger partial charge is 0.222 e. The number of piperidine rings is 1. The SMILES string of the molecule is COc1ccccc1-c1ncc(CN(C)CCN2CCCCC2=O)cn1. The zero-order chi connectivity index (χ0) is 18.4. The van der Waals surface area contributed by atoms with Crippen molar-refractivity contribution in [3.8, 4) is 17.1 Å². The minimum atomic E-state index is 0.286. The Bertz CT molecular complexity index is 733. The number of likely N-dealkylation sites (N-methyl/N-ethyl adjacent to an activating group) is 1. The minimum Gasteiger partial charge on any atom is -0.496 e. The van der Waals surface area contributed by atoms with Crippen LogP contribution in [0.2, 0.25) is 0 Å². The second kappa shape index (κ2) is 8.76. The van der Waals surface area contributed by atoms with Crippen LogP contribution < -0.4 is 4.74 Å². The summed E-state index contributed by atoms with van der Waals surface area (Å²) >= 11 is 0. The molecule has 3 rings (SSSR count). The highest BCUT2D eigenvalue weighted by atomic mass is 16.5. The van der Waals surface area contributed by atoms with Crippen molar-refractivity contribution < 1.29 is 9.53 Å². The van der Waals surface area contributed by atoms with Crippen LogP contribution in [0.4, 0.5) is 0 Å². The van der Waals surface area contributed by atoms with Gasteiger partial charge in [-0.05, 0) is 32.0 Å². The van der Waals surface area contributed by atoms with E-state index in [1.165, 1.54) is 0 Å². The maximum atomic E-state index is 11.9. The number of carbonyl (C=O) groups excluding carboxylic acids is 1. The number of carbonyl (C=O) groups is 1. The van der Waals surface area contributed by atoms with E-state index in [4.69, 9.17) is 4.74 Å². The predicted octanol–water partition coefficient (Wildman–Crippen LogP) is 2.60. The van der Waals surface area contributed by atoms with E-state index < -0.39 is 0 Å². The highest BCUT2D eigenvalue weighted by molar-refractivity contribution is 5.76. The molecule has 0 bridgehead atoms. The predicted molar refractivity (Wildman–Crippen MR) is 101 cm³/mol. The molecule has 1 saturated heterocycles. The molecular formula is C20H26N4O2. The molecule has 1 fully saturated rings. The molecular weight excluding hydrogens is 328 g/mol. The normalized spacial score (nSPS) is 14.7. The van der Waals surface area contributed by atoms with Gasteiger partial charge in [-0.25, -0.2) is 9.97 Å². The molecule has 0 atom stereocenters. The van der Waals surface area contributed by atoms with E-state index in [9.17, 15) is 4.79 Å². The number of nitrogens with zero attached hydrogens (tertiary/aromatic N) is 4. The molecule has 1 aliphatic heterocycles. The van der Waals surface area contributed by atoms with Crippen LogP contribution in [-0.2, 0) is 11.3 Å². The van der Waals surface area contributed by atoms with Crippen LogP contribution in [0.3, 0.4) is 0 Å². The van der Waals surface area contributed by atoms with Crippen LogP contribution in [0.25, 0.3) is 11.4 Å². The number of hydrogen-bond acceptors (Lipinski definition) is 5. The van der Waals surface area contributed by atoms with Gasteiger partial charge in [0.15, 0.2) is 5.82 Å². The summed E-state index contributed by atoms with van der Waals surface area (Å²) in [4.78, 5) is 25.0. The van der Waals surface area contributed by atoms with E-state index in [1.54, 1.807) is 7.11 Å². The Morgan fingerprint density at radius 2 is 1.96 bits per heavy atom. The summed E-state index contributed by atoms with van der Waals surface area (Å²) < 4.78 is 5.37. The summed E-state index contributed by atoms with van der Waals surface area (Å²) in [5.41, 5.74) is 1.94. The summed E-state index contributed by atoms with van der Waals surface area (Å²) in [6, 6.07) is 7.74. The van der Waals surface area contributed by atoms with Gasteiger partial charge in [-0.1, -0.05) is 12.1 Å². The average molecular weight is 354 g/mol. The van der Waals surface area contributed by atoms with Crippen LogP contribution in [-0.4, -0.2) is 59.5 Å². The molecule has 2 heterocycles. The van der Waals surface area contributed by atoms with Gasteiger partial charge in [-0.15, -0.1) is 0 Å². The first-order chi connectivity index (χ1) is 12.7. The maximum Gasteiger partial charge on any atom is 0.222 e. The Morgan fingerprint density at radius 1 is 1.19 bits per heavy atom. The Kier molecular flexibility index (Phi) is 6.17. The van der Waals surface area contributed by atoms with E-state index in [-0.39, 0.29) is 5.91 Å². The van der Waals surface area contributed by atoms with Crippen molar-refractivity contribution in [1.82, 2.24) is 19.8 Å². The van der Waals surface area contributed by atoms with Crippen molar-refractivity contribution in [2.75, 3.05) is 33.8 Å². The number of ether oxygens (including phenoxy) is 1. The number of hydrogen-bond donors (Lipinski definition) is 0. The second-order valence-electron chi connectivity index (χ2n) is 6.69. The van der Waals surface area contributed by atoms with Crippen LogP contribution >= 0.6 is 0 Å². The standard InChI is InChI=1S/C20H26N4O2/c1-23(11-12-24-10-6-5-9-19(24)25)15-16-13-21-20(22-14-16)17-7-3-4-8-18(17)26-2/h3-4,7-8,13-14H,5-6,9-12,15H2,1-2H3. The molecule has 1 aromatic carbocycles. The molecule has 1 amide bonds. The van der Waals surface area contributed by atoms with Crippen LogP contribution in [0.1, 0.15) is 24.8 Å². The van der Waals surface area contributed by atoms with Gasteiger partial charge >= 0.3 is 0 Å². The third kappa shape index (κ3) is 4.58. The molecule has 26 heavy (non-hydrogen) atoms. The molecule has 0 N–H and O–H groups in total. The van der Waals surface area contributed by atoms with Gasteiger partial charge in [0.25, 0.3) is 0 Å². The second-order valence-corrected chi connectivity index (χ2v) is 6.69. The summed E-state index contributed by atoms with van der Waals surface area (Å²) in [5.74, 6) is 1.71. The molecule has 0 spiro atoms. The average Bonchev–Trinajstić information content (AvgIpc) is 2.68. The summed E-state index contributed by atoms with van der Waals surface area (Å²) in [7, 11) is 3.71. The number of aromatic nitrogens is 2. The maximum absolute atomic E-state index is 11.9. The largest absolute Gasteiger partial charge is 0.496 e. The third-order valence-electron chi connectivity index (χ3n) is 4.68. The first-order valence-electron chi connectivity index (χ1n) is 9.08. The molecule has 6 nitrogen and oxygen atoms in total. The van der Waals surface area contributed by atoms with Crippen molar-refractivity contribution in [2.24, 2.45) is 0 Å². The van der Waals surface area contributed by atoms with E-state index in [0.717, 1.165) is 55.9 Å². The van der Waals surface area contributed by atoms with E-state index in [0.29, 0.717) is 12.2 Å². The van der Waals surface area contributed by atoms with Crippen molar-refractivity contribution in [3.63, 3.8) is 0 Å². The first kappa shape index (κ1) is 18.3. The molecule has 6 heteroatoms. The molecule has 0 radical (unpaired) electrons. The Labute approximate surface area is 154 Å². The van der Waals surface area contributed by atoms with Gasteiger partial charge in [0, 0.05) is 50.6 Å².